The van der Waals surface area contributed by atoms with Crippen LogP contribution in [-0.4, -0.2) is 36.5 Å². The van der Waals surface area contributed by atoms with Crippen molar-refractivity contribution in [2.24, 2.45) is 5.92 Å². The van der Waals surface area contributed by atoms with Gasteiger partial charge in [-0.1, -0.05) is 39.5 Å². The standard InChI is InChI=1S/C16H32N2O/c1-4-6-12-18(5-2)14(3)16(19)17-13-15-10-8-7-9-11-15/h14-15H,4-13H2,1-3H3,(H,17,19). The van der Waals surface area contributed by atoms with Crippen LogP contribution in [0.15, 0.2) is 0 Å². The van der Waals surface area contributed by atoms with Crippen molar-refractivity contribution in [3.8, 4) is 0 Å². The zero-order valence-electron chi connectivity index (χ0n) is 13.1. The van der Waals surface area contributed by atoms with Gasteiger partial charge in [0, 0.05) is 6.54 Å². The Morgan fingerprint density at radius 2 is 1.95 bits per heavy atom. The van der Waals surface area contributed by atoms with Gasteiger partial charge in [-0.25, -0.2) is 0 Å². The number of unbranched alkanes of at least 4 members (excludes halogenated alkanes) is 1. The molecule has 0 aromatic rings. The number of amides is 1. The van der Waals surface area contributed by atoms with E-state index in [1.54, 1.807) is 0 Å². The molecular formula is C16H32N2O. The second kappa shape index (κ2) is 9.35. The van der Waals surface area contributed by atoms with Crippen LogP contribution in [0.3, 0.4) is 0 Å². The van der Waals surface area contributed by atoms with Gasteiger partial charge in [0.25, 0.3) is 0 Å². The second-order valence-electron chi connectivity index (χ2n) is 5.91. The minimum atomic E-state index is 0.0140. The summed E-state index contributed by atoms with van der Waals surface area (Å²) in [7, 11) is 0. The zero-order chi connectivity index (χ0) is 14.1. The first-order valence-corrected chi connectivity index (χ1v) is 8.20. The summed E-state index contributed by atoms with van der Waals surface area (Å²) in [6.07, 6.45) is 9.01. The molecule has 0 aromatic carbocycles. The molecule has 1 amide bonds. The van der Waals surface area contributed by atoms with Gasteiger partial charge in [0.2, 0.25) is 5.91 Å². The van der Waals surface area contributed by atoms with Crippen LogP contribution in [0, 0.1) is 5.92 Å². The maximum atomic E-state index is 12.2. The highest BCUT2D eigenvalue weighted by Gasteiger charge is 2.21. The molecule has 3 nitrogen and oxygen atoms in total. The Balaban J connectivity index is 2.29. The third-order valence-electron chi connectivity index (χ3n) is 4.42. The molecule has 1 rings (SSSR count). The van der Waals surface area contributed by atoms with Crippen LogP contribution in [-0.2, 0) is 4.79 Å². The monoisotopic (exact) mass is 268 g/mol. The number of carbonyl (C=O) groups is 1. The Morgan fingerprint density at radius 1 is 1.26 bits per heavy atom. The van der Waals surface area contributed by atoms with Crippen molar-refractivity contribution in [1.29, 1.82) is 0 Å². The molecule has 0 radical (unpaired) electrons. The van der Waals surface area contributed by atoms with Crippen molar-refractivity contribution in [3.63, 3.8) is 0 Å². The van der Waals surface area contributed by atoms with E-state index in [9.17, 15) is 4.79 Å². The van der Waals surface area contributed by atoms with Gasteiger partial charge in [-0.05, 0) is 45.2 Å². The molecule has 0 saturated heterocycles. The highest BCUT2D eigenvalue weighted by Crippen LogP contribution is 2.22. The first-order valence-electron chi connectivity index (χ1n) is 8.20. The third kappa shape index (κ3) is 5.94. The number of nitrogens with one attached hydrogen (secondary N) is 1. The van der Waals surface area contributed by atoms with Crippen LogP contribution in [0.25, 0.3) is 0 Å². The predicted molar refractivity (Wildman–Crippen MR) is 81.2 cm³/mol. The van der Waals surface area contributed by atoms with E-state index in [0.29, 0.717) is 0 Å². The largest absolute Gasteiger partial charge is 0.354 e. The summed E-state index contributed by atoms with van der Waals surface area (Å²) in [4.78, 5) is 14.5. The summed E-state index contributed by atoms with van der Waals surface area (Å²) >= 11 is 0. The number of carbonyl (C=O) groups excluding carboxylic acids is 1. The Labute approximate surface area is 119 Å². The molecule has 1 aliphatic rings. The molecule has 1 unspecified atom stereocenters. The van der Waals surface area contributed by atoms with E-state index >= 15 is 0 Å². The summed E-state index contributed by atoms with van der Waals surface area (Å²) in [5.41, 5.74) is 0. The van der Waals surface area contributed by atoms with Gasteiger partial charge in [0.15, 0.2) is 0 Å². The quantitative estimate of drug-likeness (QED) is 0.733. The van der Waals surface area contributed by atoms with Gasteiger partial charge in [0.1, 0.15) is 0 Å². The molecule has 1 N–H and O–H groups in total. The lowest BCUT2D eigenvalue weighted by atomic mass is 9.89. The highest BCUT2D eigenvalue weighted by atomic mass is 16.2. The van der Waals surface area contributed by atoms with Crippen molar-refractivity contribution < 1.29 is 4.79 Å². The first-order chi connectivity index (χ1) is 9.19. The number of hydrogen-bond acceptors (Lipinski definition) is 2. The van der Waals surface area contributed by atoms with E-state index in [2.05, 4.69) is 24.1 Å². The van der Waals surface area contributed by atoms with E-state index in [0.717, 1.165) is 25.6 Å². The van der Waals surface area contributed by atoms with E-state index in [1.807, 2.05) is 6.92 Å². The van der Waals surface area contributed by atoms with Gasteiger partial charge in [-0.15, -0.1) is 0 Å². The fourth-order valence-corrected chi connectivity index (χ4v) is 2.94. The van der Waals surface area contributed by atoms with Crippen LogP contribution in [0.2, 0.25) is 0 Å². The van der Waals surface area contributed by atoms with E-state index < -0.39 is 0 Å². The lowest BCUT2D eigenvalue weighted by Crippen LogP contribution is -2.46. The molecule has 0 spiro atoms. The molecule has 0 aliphatic heterocycles. The van der Waals surface area contributed by atoms with E-state index in [4.69, 9.17) is 0 Å². The molecule has 0 bridgehead atoms. The Hall–Kier alpha value is -0.570. The molecular weight excluding hydrogens is 236 g/mol. The van der Waals surface area contributed by atoms with Gasteiger partial charge < -0.3 is 5.32 Å². The minimum absolute atomic E-state index is 0.0140. The normalized spacial score (nSPS) is 18.5. The van der Waals surface area contributed by atoms with Crippen molar-refractivity contribution in [1.82, 2.24) is 10.2 Å². The van der Waals surface area contributed by atoms with Crippen molar-refractivity contribution in [2.45, 2.75) is 71.8 Å². The third-order valence-corrected chi connectivity index (χ3v) is 4.42. The first kappa shape index (κ1) is 16.5. The minimum Gasteiger partial charge on any atom is -0.354 e. The summed E-state index contributed by atoms with van der Waals surface area (Å²) < 4.78 is 0. The van der Waals surface area contributed by atoms with Crippen LogP contribution in [0.1, 0.15) is 65.7 Å². The summed E-state index contributed by atoms with van der Waals surface area (Å²) in [5.74, 6) is 0.930. The molecule has 0 heterocycles. The van der Waals surface area contributed by atoms with Crippen LogP contribution >= 0.6 is 0 Å². The maximum absolute atomic E-state index is 12.2. The summed E-state index contributed by atoms with van der Waals surface area (Å²) in [6.45, 7) is 9.25. The van der Waals surface area contributed by atoms with Gasteiger partial charge in [-0.2, -0.15) is 0 Å². The highest BCUT2D eigenvalue weighted by molar-refractivity contribution is 5.81. The molecule has 1 fully saturated rings. The van der Waals surface area contributed by atoms with Crippen LogP contribution in [0.5, 0.6) is 0 Å². The number of hydrogen-bond donors (Lipinski definition) is 1. The topological polar surface area (TPSA) is 32.3 Å². The fourth-order valence-electron chi connectivity index (χ4n) is 2.94. The molecule has 0 aromatic heterocycles. The van der Waals surface area contributed by atoms with Crippen molar-refractivity contribution in [3.05, 3.63) is 0 Å². The molecule has 1 saturated carbocycles. The van der Waals surface area contributed by atoms with E-state index in [-0.39, 0.29) is 11.9 Å². The molecule has 3 heteroatoms. The Morgan fingerprint density at radius 3 is 2.53 bits per heavy atom. The number of nitrogens with zero attached hydrogens (tertiary/aromatic N) is 1. The zero-order valence-corrected chi connectivity index (χ0v) is 13.1. The predicted octanol–water partition coefficient (Wildman–Crippen LogP) is 3.19. The lowest BCUT2D eigenvalue weighted by molar-refractivity contribution is -0.126. The van der Waals surface area contributed by atoms with Crippen molar-refractivity contribution in [2.75, 3.05) is 19.6 Å². The summed E-state index contributed by atoms with van der Waals surface area (Å²) in [5, 5.41) is 3.16. The fraction of sp³-hybridized carbons (Fsp3) is 0.938. The van der Waals surface area contributed by atoms with Gasteiger partial charge >= 0.3 is 0 Å². The van der Waals surface area contributed by atoms with Crippen molar-refractivity contribution >= 4 is 5.91 Å². The SMILES string of the molecule is CCCCN(CC)C(C)C(=O)NCC1CCCCC1. The van der Waals surface area contributed by atoms with Crippen LogP contribution < -0.4 is 5.32 Å². The molecule has 1 aliphatic carbocycles. The molecule has 1 atom stereocenters. The smallest absolute Gasteiger partial charge is 0.237 e. The number of likely N-dealkylation sites (N-methyl/N-ethyl adjacent to an activating group) is 1. The molecule has 19 heavy (non-hydrogen) atoms. The maximum Gasteiger partial charge on any atom is 0.237 e. The summed E-state index contributed by atoms with van der Waals surface area (Å²) in [6, 6.07) is 0.0140. The van der Waals surface area contributed by atoms with E-state index in [1.165, 1.54) is 44.9 Å². The Kier molecular flexibility index (Phi) is 8.11. The average Bonchev–Trinajstić information content (AvgIpc) is 2.46. The number of rotatable bonds is 8. The van der Waals surface area contributed by atoms with Crippen LogP contribution in [0.4, 0.5) is 0 Å². The van der Waals surface area contributed by atoms with Gasteiger partial charge in [0.05, 0.1) is 6.04 Å². The average molecular weight is 268 g/mol. The van der Waals surface area contributed by atoms with Gasteiger partial charge in [-0.3, -0.25) is 9.69 Å². The second-order valence-corrected chi connectivity index (χ2v) is 5.91. The molecule has 112 valence electrons. The Bertz CT molecular complexity index is 249. The lowest BCUT2D eigenvalue weighted by Gasteiger charge is -2.28.